The van der Waals surface area contributed by atoms with Crippen LogP contribution in [0.25, 0.3) is 11.0 Å². The number of imidazole rings is 1. The first-order chi connectivity index (χ1) is 13.0. The smallest absolute Gasteiger partial charge is 0.254 e. The minimum absolute atomic E-state index is 0.0449. The van der Waals surface area contributed by atoms with Gasteiger partial charge < -0.3 is 9.47 Å². The molecule has 1 heterocycles. The van der Waals surface area contributed by atoms with E-state index >= 15 is 0 Å². The molecule has 0 unspecified atom stereocenters. The van der Waals surface area contributed by atoms with E-state index in [0.717, 1.165) is 45.4 Å². The minimum Gasteiger partial charge on any atom is -0.331 e. The van der Waals surface area contributed by atoms with Crippen molar-refractivity contribution in [1.82, 2.24) is 14.5 Å². The third-order valence-corrected chi connectivity index (χ3v) is 5.33. The number of carbonyl (C=O) groups is 1. The summed E-state index contributed by atoms with van der Waals surface area (Å²) in [6, 6.07) is 13.5. The molecule has 2 aromatic carbocycles. The molecule has 0 radical (unpaired) electrons. The van der Waals surface area contributed by atoms with Crippen molar-refractivity contribution in [3.05, 3.63) is 62.4 Å². The van der Waals surface area contributed by atoms with E-state index in [9.17, 15) is 4.79 Å². The highest BCUT2D eigenvalue weighted by atomic mass is 127. The van der Waals surface area contributed by atoms with Crippen LogP contribution in [-0.4, -0.2) is 26.9 Å². The number of fused-ring (bicyclic) bond motifs is 1. The standard InChI is InChI=1S/C21H23ClIN3O/c1-3-10-25(21(27)15-6-5-7-17(23)12-15)14-20-24-18-9-8-16(22)13-19(18)26(20)11-4-2/h5-9,12-13H,3-4,10-11,14H2,1-2H3. The molecule has 0 saturated carbocycles. The van der Waals surface area contributed by atoms with Crippen LogP contribution in [0.5, 0.6) is 0 Å². The molecule has 0 saturated heterocycles. The minimum atomic E-state index is 0.0449. The van der Waals surface area contributed by atoms with Gasteiger partial charge in [-0.3, -0.25) is 4.79 Å². The number of halogens is 2. The first kappa shape index (κ1) is 20.1. The van der Waals surface area contributed by atoms with Crippen molar-refractivity contribution in [3.8, 4) is 0 Å². The van der Waals surface area contributed by atoms with Gasteiger partial charge in [-0.15, -0.1) is 0 Å². The van der Waals surface area contributed by atoms with Crippen LogP contribution in [0.15, 0.2) is 42.5 Å². The fourth-order valence-corrected chi connectivity index (χ4v) is 3.95. The van der Waals surface area contributed by atoms with E-state index in [0.29, 0.717) is 18.1 Å². The van der Waals surface area contributed by atoms with Crippen LogP contribution in [0.3, 0.4) is 0 Å². The zero-order valence-electron chi connectivity index (χ0n) is 15.6. The van der Waals surface area contributed by atoms with Gasteiger partial charge >= 0.3 is 0 Å². The maximum Gasteiger partial charge on any atom is 0.254 e. The van der Waals surface area contributed by atoms with Gasteiger partial charge in [0.25, 0.3) is 5.91 Å². The lowest BCUT2D eigenvalue weighted by Gasteiger charge is -2.22. The van der Waals surface area contributed by atoms with Gasteiger partial charge in [0.15, 0.2) is 0 Å². The fraction of sp³-hybridized carbons (Fsp3) is 0.333. The van der Waals surface area contributed by atoms with Gasteiger partial charge in [0.1, 0.15) is 5.82 Å². The molecule has 4 nitrogen and oxygen atoms in total. The molecule has 0 spiro atoms. The quantitative estimate of drug-likeness (QED) is 0.391. The van der Waals surface area contributed by atoms with E-state index in [4.69, 9.17) is 16.6 Å². The van der Waals surface area contributed by atoms with Crippen molar-refractivity contribution in [3.63, 3.8) is 0 Å². The second-order valence-corrected chi connectivity index (χ2v) is 8.23. The Balaban J connectivity index is 1.96. The Labute approximate surface area is 178 Å². The Kier molecular flexibility index (Phi) is 6.76. The lowest BCUT2D eigenvalue weighted by atomic mass is 10.2. The van der Waals surface area contributed by atoms with E-state index in [2.05, 4.69) is 41.0 Å². The van der Waals surface area contributed by atoms with Gasteiger partial charge in [-0.2, -0.15) is 0 Å². The second-order valence-electron chi connectivity index (χ2n) is 6.55. The maximum atomic E-state index is 13.1. The molecule has 0 aliphatic heterocycles. The molecule has 6 heteroatoms. The molecule has 1 amide bonds. The first-order valence-corrected chi connectivity index (χ1v) is 10.7. The summed E-state index contributed by atoms with van der Waals surface area (Å²) in [5, 5.41) is 0.701. The molecular weight excluding hydrogens is 473 g/mol. The molecule has 0 aliphatic rings. The summed E-state index contributed by atoms with van der Waals surface area (Å²) in [7, 11) is 0. The lowest BCUT2D eigenvalue weighted by Crippen LogP contribution is -2.32. The Bertz CT molecular complexity index is 954. The van der Waals surface area contributed by atoms with Crippen molar-refractivity contribution >= 4 is 51.1 Å². The van der Waals surface area contributed by atoms with Crippen LogP contribution in [0.2, 0.25) is 5.02 Å². The van der Waals surface area contributed by atoms with E-state index in [1.54, 1.807) is 0 Å². The second kappa shape index (κ2) is 9.06. The molecule has 0 fully saturated rings. The maximum absolute atomic E-state index is 13.1. The SMILES string of the molecule is CCCN(Cc1nc2ccc(Cl)cc2n1CCC)C(=O)c1cccc(I)c1. The number of rotatable bonds is 7. The van der Waals surface area contributed by atoms with Crippen molar-refractivity contribution < 1.29 is 4.79 Å². The molecule has 27 heavy (non-hydrogen) atoms. The highest BCUT2D eigenvalue weighted by Crippen LogP contribution is 2.23. The molecule has 0 atom stereocenters. The van der Waals surface area contributed by atoms with Crippen LogP contribution >= 0.6 is 34.2 Å². The number of carbonyl (C=O) groups excluding carboxylic acids is 1. The average Bonchev–Trinajstić information content (AvgIpc) is 2.98. The Morgan fingerprint density at radius 3 is 2.70 bits per heavy atom. The van der Waals surface area contributed by atoms with E-state index in [-0.39, 0.29) is 5.91 Å². The van der Waals surface area contributed by atoms with Crippen molar-refractivity contribution in [2.75, 3.05) is 6.54 Å². The first-order valence-electron chi connectivity index (χ1n) is 9.23. The average molecular weight is 496 g/mol. The molecule has 3 aromatic rings. The Morgan fingerprint density at radius 2 is 2.00 bits per heavy atom. The van der Waals surface area contributed by atoms with Crippen molar-refractivity contribution in [2.45, 2.75) is 39.8 Å². The summed E-state index contributed by atoms with van der Waals surface area (Å²) >= 11 is 8.43. The Morgan fingerprint density at radius 1 is 1.19 bits per heavy atom. The topological polar surface area (TPSA) is 38.1 Å². The molecule has 142 valence electrons. The van der Waals surface area contributed by atoms with Gasteiger partial charge in [0, 0.05) is 27.2 Å². The fourth-order valence-electron chi connectivity index (χ4n) is 3.24. The summed E-state index contributed by atoms with van der Waals surface area (Å²) in [4.78, 5) is 19.8. The van der Waals surface area contributed by atoms with E-state index < -0.39 is 0 Å². The highest BCUT2D eigenvalue weighted by molar-refractivity contribution is 14.1. The van der Waals surface area contributed by atoms with Crippen LogP contribution in [-0.2, 0) is 13.1 Å². The van der Waals surface area contributed by atoms with Crippen molar-refractivity contribution in [2.24, 2.45) is 0 Å². The number of nitrogens with zero attached hydrogens (tertiary/aromatic N) is 3. The van der Waals surface area contributed by atoms with Crippen LogP contribution in [0.4, 0.5) is 0 Å². The third-order valence-electron chi connectivity index (χ3n) is 4.42. The number of hydrogen-bond acceptors (Lipinski definition) is 2. The normalized spacial score (nSPS) is 11.1. The number of aromatic nitrogens is 2. The number of hydrogen-bond donors (Lipinski definition) is 0. The van der Waals surface area contributed by atoms with E-state index in [1.807, 2.05) is 47.4 Å². The van der Waals surface area contributed by atoms with Crippen LogP contribution in [0.1, 0.15) is 42.9 Å². The third kappa shape index (κ3) is 4.63. The lowest BCUT2D eigenvalue weighted by molar-refractivity contribution is 0.0737. The van der Waals surface area contributed by atoms with Gasteiger partial charge in [-0.05, 0) is 71.8 Å². The predicted molar refractivity (Wildman–Crippen MR) is 119 cm³/mol. The summed E-state index contributed by atoms with van der Waals surface area (Å²) in [6.07, 6.45) is 1.89. The summed E-state index contributed by atoms with van der Waals surface area (Å²) in [6.45, 7) is 6.26. The zero-order chi connectivity index (χ0) is 19.4. The van der Waals surface area contributed by atoms with Crippen LogP contribution < -0.4 is 0 Å². The molecule has 3 rings (SSSR count). The van der Waals surface area contributed by atoms with Gasteiger partial charge in [0.05, 0.1) is 17.6 Å². The Hall–Kier alpha value is -1.60. The highest BCUT2D eigenvalue weighted by Gasteiger charge is 2.19. The van der Waals surface area contributed by atoms with E-state index in [1.165, 1.54) is 0 Å². The number of amides is 1. The molecule has 0 aliphatic carbocycles. The summed E-state index contributed by atoms with van der Waals surface area (Å²) < 4.78 is 3.24. The van der Waals surface area contributed by atoms with Crippen molar-refractivity contribution in [1.29, 1.82) is 0 Å². The van der Waals surface area contributed by atoms with Gasteiger partial charge in [0.2, 0.25) is 0 Å². The monoisotopic (exact) mass is 495 g/mol. The summed E-state index contributed by atoms with van der Waals surface area (Å²) in [5.41, 5.74) is 2.66. The summed E-state index contributed by atoms with van der Waals surface area (Å²) in [5.74, 6) is 0.949. The molecule has 0 bridgehead atoms. The number of aryl methyl sites for hydroxylation is 1. The number of benzene rings is 2. The van der Waals surface area contributed by atoms with Gasteiger partial charge in [-0.1, -0.05) is 31.5 Å². The zero-order valence-corrected chi connectivity index (χ0v) is 18.5. The van der Waals surface area contributed by atoms with Crippen LogP contribution in [0, 0.1) is 3.57 Å². The molecular formula is C21H23ClIN3O. The molecule has 1 aromatic heterocycles. The van der Waals surface area contributed by atoms with Gasteiger partial charge in [-0.25, -0.2) is 4.98 Å². The largest absolute Gasteiger partial charge is 0.331 e. The molecule has 0 N–H and O–H groups in total. The predicted octanol–water partition coefficient (Wildman–Crippen LogP) is 5.76.